The number of carbonyl (C=O) groups is 1. The van der Waals surface area contributed by atoms with Gasteiger partial charge in [-0.1, -0.05) is 12.1 Å². The number of sulfonamides is 1. The van der Waals surface area contributed by atoms with Crippen LogP contribution in [0.4, 0.5) is 0 Å². The average molecular weight is 309 g/mol. The number of aliphatic hydroxyl groups excluding tert-OH is 1. The van der Waals surface area contributed by atoms with Gasteiger partial charge in [0.2, 0.25) is 10.0 Å². The molecule has 2 aliphatic heterocycles. The van der Waals surface area contributed by atoms with Crippen LogP contribution in [0.25, 0.3) is 0 Å². The van der Waals surface area contributed by atoms with Gasteiger partial charge in [0, 0.05) is 17.6 Å². The van der Waals surface area contributed by atoms with Gasteiger partial charge in [0.05, 0.1) is 11.0 Å². The summed E-state index contributed by atoms with van der Waals surface area (Å²) in [7, 11) is -3.61. The minimum atomic E-state index is -3.61. The third-order valence-electron chi connectivity index (χ3n) is 4.46. The highest BCUT2D eigenvalue weighted by Gasteiger charge is 2.46. The highest BCUT2D eigenvalue weighted by atomic mass is 32.2. The summed E-state index contributed by atoms with van der Waals surface area (Å²) in [6.07, 6.45) is 2.20. The van der Waals surface area contributed by atoms with Gasteiger partial charge in [0.15, 0.2) is 5.78 Å². The Balaban J connectivity index is 1.98. The SMILES string of the molecule is CC(=O)c1cccc(S(=O)(=O)N2C3CCC2CC(O)C3)c1. The summed E-state index contributed by atoms with van der Waals surface area (Å²) in [4.78, 5) is 11.6. The predicted molar refractivity (Wildman–Crippen MR) is 77.5 cm³/mol. The van der Waals surface area contributed by atoms with Gasteiger partial charge in [-0.15, -0.1) is 0 Å². The molecular weight excluding hydrogens is 290 g/mol. The van der Waals surface area contributed by atoms with Crippen LogP contribution in [0.1, 0.15) is 43.0 Å². The maximum atomic E-state index is 12.9. The molecule has 3 rings (SSSR count). The predicted octanol–water partition coefficient (Wildman–Crippen LogP) is 1.57. The fourth-order valence-corrected chi connectivity index (χ4v) is 5.43. The van der Waals surface area contributed by atoms with Gasteiger partial charge in [-0.25, -0.2) is 8.42 Å². The lowest BCUT2D eigenvalue weighted by molar-refractivity contribution is 0.0768. The van der Waals surface area contributed by atoms with Gasteiger partial charge in [0.1, 0.15) is 0 Å². The molecule has 2 bridgehead atoms. The van der Waals surface area contributed by atoms with Crippen LogP contribution in [0.3, 0.4) is 0 Å². The molecular formula is C15H19NO4S. The lowest BCUT2D eigenvalue weighted by atomic mass is 10.0. The summed E-state index contributed by atoms with van der Waals surface area (Å²) < 4.78 is 27.3. The van der Waals surface area contributed by atoms with E-state index in [9.17, 15) is 18.3 Å². The molecule has 2 heterocycles. The molecule has 114 valence electrons. The smallest absolute Gasteiger partial charge is 0.243 e. The van der Waals surface area contributed by atoms with Crippen LogP contribution < -0.4 is 0 Å². The lowest BCUT2D eigenvalue weighted by Crippen LogP contribution is -2.47. The van der Waals surface area contributed by atoms with E-state index in [-0.39, 0.29) is 22.8 Å². The Labute approximate surface area is 124 Å². The summed E-state index contributed by atoms with van der Waals surface area (Å²) in [6, 6.07) is 5.96. The van der Waals surface area contributed by atoms with Crippen molar-refractivity contribution in [2.45, 2.75) is 55.7 Å². The fourth-order valence-electron chi connectivity index (χ4n) is 3.49. The van der Waals surface area contributed by atoms with Crippen molar-refractivity contribution in [3.05, 3.63) is 29.8 Å². The van der Waals surface area contributed by atoms with Crippen molar-refractivity contribution in [1.29, 1.82) is 0 Å². The molecule has 0 saturated carbocycles. The second kappa shape index (κ2) is 5.19. The number of ketones is 1. The van der Waals surface area contributed by atoms with Gasteiger partial charge < -0.3 is 5.11 Å². The van der Waals surface area contributed by atoms with Crippen LogP contribution in [0, 0.1) is 0 Å². The number of rotatable bonds is 3. The highest BCUT2D eigenvalue weighted by Crippen LogP contribution is 2.39. The molecule has 0 amide bonds. The Morgan fingerprint density at radius 2 is 1.86 bits per heavy atom. The van der Waals surface area contributed by atoms with E-state index in [2.05, 4.69) is 0 Å². The van der Waals surface area contributed by atoms with Crippen molar-refractivity contribution in [3.63, 3.8) is 0 Å². The first-order chi connectivity index (χ1) is 9.89. The molecule has 6 heteroatoms. The zero-order chi connectivity index (χ0) is 15.2. The molecule has 2 atom stereocenters. The second-order valence-electron chi connectivity index (χ2n) is 5.93. The number of hydrogen-bond acceptors (Lipinski definition) is 4. The minimum absolute atomic E-state index is 0.121. The van der Waals surface area contributed by atoms with Crippen molar-refractivity contribution in [2.75, 3.05) is 0 Å². The molecule has 2 unspecified atom stereocenters. The number of aliphatic hydroxyl groups is 1. The molecule has 1 aromatic carbocycles. The van der Waals surface area contributed by atoms with Gasteiger partial charge in [-0.2, -0.15) is 4.31 Å². The maximum absolute atomic E-state index is 12.9. The van der Waals surface area contributed by atoms with Crippen LogP contribution in [-0.2, 0) is 10.0 Å². The summed E-state index contributed by atoms with van der Waals surface area (Å²) in [6.45, 7) is 1.42. The Morgan fingerprint density at radius 1 is 1.24 bits per heavy atom. The van der Waals surface area contributed by atoms with Crippen molar-refractivity contribution >= 4 is 15.8 Å². The molecule has 1 N–H and O–H groups in total. The summed E-state index contributed by atoms with van der Waals surface area (Å²) in [5.41, 5.74) is 0.403. The van der Waals surface area contributed by atoms with E-state index >= 15 is 0 Å². The zero-order valence-electron chi connectivity index (χ0n) is 11.9. The topological polar surface area (TPSA) is 74.7 Å². The normalized spacial score (nSPS) is 29.5. The molecule has 0 radical (unpaired) electrons. The van der Waals surface area contributed by atoms with E-state index < -0.39 is 16.1 Å². The van der Waals surface area contributed by atoms with E-state index in [4.69, 9.17) is 0 Å². The summed E-state index contributed by atoms with van der Waals surface area (Å²) >= 11 is 0. The third-order valence-corrected chi connectivity index (χ3v) is 6.46. The minimum Gasteiger partial charge on any atom is -0.393 e. The third kappa shape index (κ3) is 2.52. The van der Waals surface area contributed by atoms with E-state index in [0.717, 1.165) is 12.8 Å². The number of fused-ring (bicyclic) bond motifs is 2. The van der Waals surface area contributed by atoms with E-state index in [1.54, 1.807) is 16.4 Å². The quantitative estimate of drug-likeness (QED) is 0.860. The molecule has 1 aromatic rings. The first kappa shape index (κ1) is 14.7. The van der Waals surface area contributed by atoms with Crippen LogP contribution in [0.15, 0.2) is 29.2 Å². The number of hydrogen-bond donors (Lipinski definition) is 1. The Bertz CT molecular complexity index is 656. The van der Waals surface area contributed by atoms with Crippen LogP contribution >= 0.6 is 0 Å². The van der Waals surface area contributed by atoms with Crippen LogP contribution in [0.5, 0.6) is 0 Å². The Morgan fingerprint density at radius 3 is 2.43 bits per heavy atom. The van der Waals surface area contributed by atoms with Crippen molar-refractivity contribution in [1.82, 2.24) is 4.31 Å². The first-order valence-electron chi connectivity index (χ1n) is 7.22. The Kier molecular flexibility index (Phi) is 3.63. The van der Waals surface area contributed by atoms with Crippen molar-refractivity contribution in [2.24, 2.45) is 0 Å². The van der Waals surface area contributed by atoms with Gasteiger partial charge in [0.25, 0.3) is 0 Å². The number of nitrogens with zero attached hydrogens (tertiary/aromatic N) is 1. The summed E-state index contributed by atoms with van der Waals surface area (Å²) in [5.74, 6) is -0.149. The van der Waals surface area contributed by atoms with E-state index in [1.807, 2.05) is 0 Å². The van der Waals surface area contributed by atoms with Crippen molar-refractivity contribution in [3.8, 4) is 0 Å². The highest BCUT2D eigenvalue weighted by molar-refractivity contribution is 7.89. The largest absolute Gasteiger partial charge is 0.393 e. The monoisotopic (exact) mass is 309 g/mol. The van der Waals surface area contributed by atoms with Crippen LogP contribution in [-0.4, -0.2) is 41.8 Å². The number of piperidine rings is 1. The lowest BCUT2D eigenvalue weighted by Gasteiger charge is -2.36. The van der Waals surface area contributed by atoms with Gasteiger partial charge >= 0.3 is 0 Å². The number of benzene rings is 1. The second-order valence-corrected chi connectivity index (χ2v) is 7.77. The van der Waals surface area contributed by atoms with E-state index in [0.29, 0.717) is 18.4 Å². The molecule has 21 heavy (non-hydrogen) atoms. The maximum Gasteiger partial charge on any atom is 0.243 e. The van der Waals surface area contributed by atoms with Gasteiger partial charge in [-0.3, -0.25) is 4.79 Å². The zero-order valence-corrected chi connectivity index (χ0v) is 12.7. The molecule has 2 aliphatic rings. The number of carbonyl (C=O) groups excluding carboxylic acids is 1. The van der Waals surface area contributed by atoms with Crippen LogP contribution in [0.2, 0.25) is 0 Å². The molecule has 5 nitrogen and oxygen atoms in total. The molecule has 2 fully saturated rings. The Hall–Kier alpha value is -1.24. The first-order valence-corrected chi connectivity index (χ1v) is 8.66. The fraction of sp³-hybridized carbons (Fsp3) is 0.533. The van der Waals surface area contributed by atoms with E-state index in [1.165, 1.54) is 19.1 Å². The standard InChI is InChI=1S/C15H19NO4S/c1-10(17)11-3-2-4-15(7-11)21(19,20)16-12-5-6-13(16)9-14(18)8-12/h2-4,7,12-14,18H,5-6,8-9H2,1H3. The average Bonchev–Trinajstić information content (AvgIpc) is 2.72. The number of Topliss-reactive ketones (excluding diaryl/α,β-unsaturated/α-hetero) is 1. The molecule has 0 aliphatic carbocycles. The van der Waals surface area contributed by atoms with Gasteiger partial charge in [-0.05, 0) is 44.7 Å². The molecule has 0 aromatic heterocycles. The van der Waals surface area contributed by atoms with Crippen molar-refractivity contribution < 1.29 is 18.3 Å². The molecule has 2 saturated heterocycles. The summed E-state index contributed by atoms with van der Waals surface area (Å²) in [5, 5.41) is 9.79. The molecule has 0 spiro atoms.